The molecule has 1 aliphatic rings. The van der Waals surface area contributed by atoms with Crippen LogP contribution < -0.4 is 15.4 Å². The molecule has 7 heteroatoms. The summed E-state index contributed by atoms with van der Waals surface area (Å²) >= 11 is 0. The molecule has 0 radical (unpaired) electrons. The summed E-state index contributed by atoms with van der Waals surface area (Å²) in [6.45, 7) is 13.0. The highest BCUT2D eigenvalue weighted by molar-refractivity contribution is 5.79. The van der Waals surface area contributed by atoms with E-state index >= 15 is 0 Å². The molecule has 152 valence electrons. The fraction of sp³-hybridized carbons (Fsp3) is 0.650. The summed E-state index contributed by atoms with van der Waals surface area (Å²) in [5.41, 5.74) is 0. The molecule has 0 aliphatic carbocycles. The molecular formula is C20H33FN4O2. The summed E-state index contributed by atoms with van der Waals surface area (Å²) in [7, 11) is 0. The Morgan fingerprint density at radius 1 is 1.30 bits per heavy atom. The van der Waals surface area contributed by atoms with Gasteiger partial charge in [-0.05, 0) is 31.9 Å². The maximum Gasteiger partial charge on any atom is 0.191 e. The number of nitrogens with zero attached hydrogens (tertiary/aromatic N) is 2. The molecule has 2 unspecified atom stereocenters. The second-order valence-corrected chi connectivity index (χ2v) is 7.00. The van der Waals surface area contributed by atoms with E-state index in [1.165, 1.54) is 12.1 Å². The van der Waals surface area contributed by atoms with E-state index in [9.17, 15) is 4.39 Å². The van der Waals surface area contributed by atoms with Crippen molar-refractivity contribution in [2.24, 2.45) is 10.9 Å². The predicted octanol–water partition coefficient (Wildman–Crippen LogP) is 2.12. The molecule has 1 aromatic rings. The van der Waals surface area contributed by atoms with Crippen LogP contribution in [-0.2, 0) is 4.74 Å². The molecule has 1 aromatic carbocycles. The van der Waals surface area contributed by atoms with Crippen LogP contribution in [0.3, 0.4) is 0 Å². The minimum absolute atomic E-state index is 0.110. The Morgan fingerprint density at radius 3 is 2.78 bits per heavy atom. The van der Waals surface area contributed by atoms with Gasteiger partial charge in [0.05, 0.1) is 19.8 Å². The average Bonchev–Trinajstić information content (AvgIpc) is 2.65. The van der Waals surface area contributed by atoms with Crippen LogP contribution in [0.5, 0.6) is 5.75 Å². The first-order valence-corrected chi connectivity index (χ1v) is 9.81. The van der Waals surface area contributed by atoms with Gasteiger partial charge >= 0.3 is 0 Å². The van der Waals surface area contributed by atoms with Crippen molar-refractivity contribution < 1.29 is 13.9 Å². The van der Waals surface area contributed by atoms with Gasteiger partial charge in [0.15, 0.2) is 5.96 Å². The largest absolute Gasteiger partial charge is 0.489 e. The van der Waals surface area contributed by atoms with Crippen LogP contribution in [0.2, 0.25) is 0 Å². The number of nitrogens with one attached hydrogen (secondary N) is 2. The molecule has 1 heterocycles. The lowest BCUT2D eigenvalue weighted by atomic mass is 10.1. The van der Waals surface area contributed by atoms with Gasteiger partial charge in [-0.2, -0.15) is 0 Å². The summed E-state index contributed by atoms with van der Waals surface area (Å²) in [5, 5.41) is 6.56. The summed E-state index contributed by atoms with van der Waals surface area (Å²) in [4.78, 5) is 7.12. The lowest BCUT2D eigenvalue weighted by Crippen LogP contribution is -2.42. The highest BCUT2D eigenvalue weighted by atomic mass is 19.1. The zero-order chi connectivity index (χ0) is 19.5. The van der Waals surface area contributed by atoms with E-state index in [0.29, 0.717) is 18.2 Å². The Kier molecular flexibility index (Phi) is 9.35. The molecule has 2 rings (SSSR count). The summed E-state index contributed by atoms with van der Waals surface area (Å²) in [5.74, 6) is 1.49. The molecule has 2 N–H and O–H groups in total. The van der Waals surface area contributed by atoms with Crippen molar-refractivity contribution in [3.63, 3.8) is 0 Å². The lowest BCUT2D eigenvalue weighted by molar-refractivity contribution is 0.0323. The third kappa shape index (κ3) is 8.58. The van der Waals surface area contributed by atoms with Crippen molar-refractivity contribution >= 4 is 5.96 Å². The zero-order valence-electron chi connectivity index (χ0n) is 16.7. The molecule has 0 aromatic heterocycles. The molecule has 0 amide bonds. The number of hydrogen-bond acceptors (Lipinski definition) is 4. The van der Waals surface area contributed by atoms with Gasteiger partial charge in [-0.15, -0.1) is 0 Å². The third-order valence-corrected chi connectivity index (χ3v) is 4.27. The van der Waals surface area contributed by atoms with Gasteiger partial charge in [-0.3, -0.25) is 9.89 Å². The van der Waals surface area contributed by atoms with Crippen molar-refractivity contribution in [3.05, 3.63) is 30.1 Å². The quantitative estimate of drug-likeness (QED) is 0.508. The standard InChI is InChI=1S/C20H33FN4O2/c1-4-22-20(23-13-16(2)15-25-8-10-26-11-9-25)24-14-17(3)27-19-7-5-6-18(21)12-19/h5-7,12,16-17H,4,8-11,13-15H2,1-3H3,(H2,22,23,24). The molecule has 27 heavy (non-hydrogen) atoms. The van der Waals surface area contributed by atoms with Gasteiger partial charge in [-0.1, -0.05) is 13.0 Å². The Morgan fingerprint density at radius 2 is 2.07 bits per heavy atom. The molecule has 1 fully saturated rings. The minimum atomic E-state index is -0.295. The lowest BCUT2D eigenvalue weighted by Gasteiger charge is -2.28. The normalized spacial score (nSPS) is 18.0. The van der Waals surface area contributed by atoms with Crippen molar-refractivity contribution in [1.82, 2.24) is 15.5 Å². The summed E-state index contributed by atoms with van der Waals surface area (Å²) in [6.07, 6.45) is -0.110. The number of hydrogen-bond donors (Lipinski definition) is 2. The van der Waals surface area contributed by atoms with Crippen molar-refractivity contribution in [2.75, 3.05) is 52.5 Å². The highest BCUT2D eigenvalue weighted by Gasteiger charge is 2.14. The average molecular weight is 381 g/mol. The molecule has 6 nitrogen and oxygen atoms in total. The molecule has 2 atom stereocenters. The fourth-order valence-electron chi connectivity index (χ4n) is 2.93. The molecule has 1 aliphatic heterocycles. The van der Waals surface area contributed by atoms with Crippen LogP contribution in [0.25, 0.3) is 0 Å². The van der Waals surface area contributed by atoms with E-state index < -0.39 is 0 Å². The smallest absolute Gasteiger partial charge is 0.191 e. The number of benzene rings is 1. The van der Waals surface area contributed by atoms with Gasteiger partial charge in [0, 0.05) is 38.8 Å². The Bertz CT molecular complexity index is 579. The van der Waals surface area contributed by atoms with Crippen LogP contribution in [0.15, 0.2) is 29.3 Å². The number of ether oxygens (including phenoxy) is 2. The first kappa shape index (κ1) is 21.4. The van der Waals surface area contributed by atoms with Gasteiger partial charge in [0.25, 0.3) is 0 Å². The second kappa shape index (κ2) is 11.8. The monoisotopic (exact) mass is 380 g/mol. The number of guanidine groups is 1. The first-order chi connectivity index (χ1) is 13.1. The van der Waals surface area contributed by atoms with Gasteiger partial charge < -0.3 is 20.1 Å². The van der Waals surface area contributed by atoms with E-state index in [-0.39, 0.29) is 11.9 Å². The van der Waals surface area contributed by atoms with Crippen molar-refractivity contribution in [3.8, 4) is 5.75 Å². The molecule has 0 spiro atoms. The number of rotatable bonds is 9. The van der Waals surface area contributed by atoms with Gasteiger partial charge in [-0.25, -0.2) is 4.39 Å². The Hall–Kier alpha value is -1.86. The van der Waals surface area contributed by atoms with Gasteiger partial charge in [0.1, 0.15) is 17.7 Å². The topological polar surface area (TPSA) is 58.1 Å². The van der Waals surface area contributed by atoms with E-state index in [1.807, 2.05) is 13.8 Å². The summed E-state index contributed by atoms with van der Waals surface area (Å²) in [6, 6.07) is 6.20. The van der Waals surface area contributed by atoms with E-state index in [2.05, 4.69) is 22.5 Å². The van der Waals surface area contributed by atoms with Crippen molar-refractivity contribution in [1.29, 1.82) is 0 Å². The van der Waals surface area contributed by atoms with Crippen molar-refractivity contribution in [2.45, 2.75) is 26.9 Å². The summed E-state index contributed by atoms with van der Waals surface area (Å²) < 4.78 is 24.4. The third-order valence-electron chi connectivity index (χ3n) is 4.27. The molecular weight excluding hydrogens is 347 g/mol. The molecule has 0 saturated carbocycles. The minimum Gasteiger partial charge on any atom is -0.489 e. The van der Waals surface area contributed by atoms with E-state index in [4.69, 9.17) is 14.5 Å². The predicted molar refractivity (Wildman–Crippen MR) is 107 cm³/mol. The molecule has 0 bridgehead atoms. The van der Waals surface area contributed by atoms with E-state index in [1.54, 1.807) is 12.1 Å². The zero-order valence-corrected chi connectivity index (χ0v) is 16.7. The Balaban J connectivity index is 1.76. The number of aliphatic imine (C=N–C) groups is 1. The maximum atomic E-state index is 13.2. The second-order valence-electron chi connectivity index (χ2n) is 7.00. The van der Waals surface area contributed by atoms with Crippen LogP contribution in [0.1, 0.15) is 20.8 Å². The Labute approximate surface area is 162 Å². The number of halogens is 1. The SMILES string of the molecule is CCNC(=NCC(C)CN1CCOCC1)NCC(C)Oc1cccc(F)c1. The first-order valence-electron chi connectivity index (χ1n) is 9.81. The van der Waals surface area contributed by atoms with E-state index in [0.717, 1.165) is 51.9 Å². The van der Waals surface area contributed by atoms with Crippen LogP contribution in [0, 0.1) is 11.7 Å². The maximum absolute atomic E-state index is 13.2. The fourth-order valence-corrected chi connectivity index (χ4v) is 2.93. The number of morpholine rings is 1. The van der Waals surface area contributed by atoms with Gasteiger partial charge in [0.2, 0.25) is 0 Å². The molecule has 1 saturated heterocycles. The highest BCUT2D eigenvalue weighted by Crippen LogP contribution is 2.13. The van der Waals surface area contributed by atoms with Crippen LogP contribution in [0.4, 0.5) is 4.39 Å². The van der Waals surface area contributed by atoms with Crippen LogP contribution >= 0.6 is 0 Å². The van der Waals surface area contributed by atoms with Crippen LogP contribution in [-0.4, -0.2) is 69.4 Å².